The van der Waals surface area contributed by atoms with Crippen LogP contribution in [0.2, 0.25) is 0 Å². The van der Waals surface area contributed by atoms with Gasteiger partial charge in [0.05, 0.1) is 18.2 Å². The highest BCUT2D eigenvalue weighted by molar-refractivity contribution is 7.98. The minimum atomic E-state index is -0.377. The van der Waals surface area contributed by atoms with Crippen LogP contribution in [0.15, 0.2) is 30.5 Å². The molecule has 1 atom stereocenters. The van der Waals surface area contributed by atoms with E-state index in [-0.39, 0.29) is 17.9 Å². The van der Waals surface area contributed by atoms with E-state index in [0.717, 1.165) is 35.8 Å². The molecule has 0 spiro atoms. The van der Waals surface area contributed by atoms with E-state index in [2.05, 4.69) is 15.5 Å². The Morgan fingerprint density at radius 2 is 2.00 bits per heavy atom. The first-order valence-corrected chi connectivity index (χ1v) is 12.5. The zero-order valence-electron chi connectivity index (χ0n) is 19.8. The number of carbonyl (C=O) groups is 2. The van der Waals surface area contributed by atoms with Crippen molar-refractivity contribution in [3.8, 4) is 0 Å². The molecule has 8 nitrogen and oxygen atoms in total. The van der Waals surface area contributed by atoms with Crippen molar-refractivity contribution in [1.29, 1.82) is 0 Å². The average molecular weight is 470 g/mol. The van der Waals surface area contributed by atoms with Gasteiger partial charge >= 0.3 is 5.97 Å². The lowest BCUT2D eigenvalue weighted by Gasteiger charge is -2.16. The smallest absolute Gasteiger partial charge is 0.340 e. The van der Waals surface area contributed by atoms with Crippen LogP contribution in [0.25, 0.3) is 11.7 Å². The molecular formula is C24H31N5O3S. The van der Waals surface area contributed by atoms with Crippen LogP contribution in [0, 0.1) is 13.8 Å². The Labute approximate surface area is 198 Å². The molecule has 0 saturated carbocycles. The third-order valence-corrected chi connectivity index (χ3v) is 6.25. The summed E-state index contributed by atoms with van der Waals surface area (Å²) in [6.45, 7) is 8.66. The van der Waals surface area contributed by atoms with E-state index >= 15 is 0 Å². The number of aromatic nitrogens is 4. The van der Waals surface area contributed by atoms with Gasteiger partial charge in [-0.3, -0.25) is 9.20 Å². The van der Waals surface area contributed by atoms with Crippen LogP contribution >= 0.6 is 11.8 Å². The molecule has 1 amide bonds. The Balaban J connectivity index is 1.88. The van der Waals surface area contributed by atoms with Crippen molar-refractivity contribution >= 4 is 35.4 Å². The molecule has 0 bridgehead atoms. The molecule has 1 N–H and O–H groups in total. The Hall–Kier alpha value is -3.07. The molecule has 3 aromatic rings. The normalized spacial score (nSPS) is 12.4. The van der Waals surface area contributed by atoms with Gasteiger partial charge in [0.2, 0.25) is 5.91 Å². The molecule has 0 radical (unpaired) electrons. The molecule has 0 aliphatic carbocycles. The molecule has 0 fully saturated rings. The maximum atomic E-state index is 12.9. The van der Waals surface area contributed by atoms with Crippen molar-refractivity contribution in [1.82, 2.24) is 24.5 Å². The molecule has 176 valence electrons. The predicted molar refractivity (Wildman–Crippen MR) is 131 cm³/mol. The summed E-state index contributed by atoms with van der Waals surface area (Å²) in [4.78, 5) is 25.5. The first-order chi connectivity index (χ1) is 15.9. The van der Waals surface area contributed by atoms with Crippen LogP contribution in [-0.4, -0.2) is 49.7 Å². The highest BCUT2D eigenvalue weighted by Crippen LogP contribution is 2.25. The first-order valence-electron chi connectivity index (χ1n) is 11.1. The standard InChI is InChI=1S/C24H31N5O3S/c1-6-28-16(3)18(22(17(28)4)24(31)32-7-2)11-12-21(30)25-19(13-15-33-5)23-27-26-20-10-8-9-14-29(20)23/h8-12,14,19H,6-7,13,15H2,1-5H3,(H,25,30)/b12-11+. The van der Waals surface area contributed by atoms with Gasteiger partial charge in [-0.15, -0.1) is 10.2 Å². The van der Waals surface area contributed by atoms with E-state index in [0.29, 0.717) is 23.6 Å². The van der Waals surface area contributed by atoms with Gasteiger partial charge in [0.25, 0.3) is 0 Å². The molecule has 0 saturated heterocycles. The van der Waals surface area contributed by atoms with Crippen LogP contribution < -0.4 is 5.32 Å². The Morgan fingerprint density at radius 3 is 2.70 bits per heavy atom. The number of thioether (sulfide) groups is 1. The Bertz CT molecular complexity index is 1160. The summed E-state index contributed by atoms with van der Waals surface area (Å²) in [6, 6.07) is 5.40. The topological polar surface area (TPSA) is 90.5 Å². The maximum Gasteiger partial charge on any atom is 0.340 e. The molecule has 3 rings (SSSR count). The lowest BCUT2D eigenvalue weighted by atomic mass is 10.1. The van der Waals surface area contributed by atoms with Crippen LogP contribution in [-0.2, 0) is 16.1 Å². The van der Waals surface area contributed by atoms with Gasteiger partial charge < -0.3 is 14.6 Å². The summed E-state index contributed by atoms with van der Waals surface area (Å²) in [6.07, 6.45) is 7.81. The monoisotopic (exact) mass is 469 g/mol. The summed E-state index contributed by atoms with van der Waals surface area (Å²) in [5, 5.41) is 11.6. The van der Waals surface area contributed by atoms with Crippen molar-refractivity contribution in [2.24, 2.45) is 0 Å². The highest BCUT2D eigenvalue weighted by atomic mass is 32.2. The number of rotatable bonds is 10. The van der Waals surface area contributed by atoms with Crippen LogP contribution in [0.5, 0.6) is 0 Å². The zero-order valence-corrected chi connectivity index (χ0v) is 20.6. The van der Waals surface area contributed by atoms with Crippen molar-refractivity contribution in [3.63, 3.8) is 0 Å². The van der Waals surface area contributed by atoms with Crippen molar-refractivity contribution in [2.45, 2.75) is 46.7 Å². The second-order valence-electron chi connectivity index (χ2n) is 7.59. The lowest BCUT2D eigenvalue weighted by Crippen LogP contribution is -2.29. The van der Waals surface area contributed by atoms with Crippen molar-refractivity contribution < 1.29 is 14.3 Å². The average Bonchev–Trinajstić information content (AvgIpc) is 3.33. The maximum absolute atomic E-state index is 12.9. The van der Waals surface area contributed by atoms with E-state index < -0.39 is 0 Å². The first kappa shape index (κ1) is 24.6. The van der Waals surface area contributed by atoms with Gasteiger partial charge in [-0.1, -0.05) is 6.07 Å². The molecule has 1 unspecified atom stereocenters. The Morgan fingerprint density at radius 1 is 1.21 bits per heavy atom. The summed E-state index contributed by atoms with van der Waals surface area (Å²) >= 11 is 1.71. The number of nitrogens with zero attached hydrogens (tertiary/aromatic N) is 4. The van der Waals surface area contributed by atoms with Gasteiger partial charge in [-0.2, -0.15) is 11.8 Å². The molecule has 0 aliphatic heterocycles. The minimum absolute atomic E-state index is 0.259. The summed E-state index contributed by atoms with van der Waals surface area (Å²) in [5.41, 5.74) is 3.70. The van der Waals surface area contributed by atoms with Crippen molar-refractivity contribution in [2.75, 3.05) is 18.6 Å². The van der Waals surface area contributed by atoms with Crippen LogP contribution in [0.4, 0.5) is 0 Å². The molecule has 0 aliphatic rings. The third-order valence-electron chi connectivity index (χ3n) is 5.61. The molecular weight excluding hydrogens is 438 g/mol. The number of fused-ring (bicyclic) bond motifs is 1. The SMILES string of the molecule is CCOC(=O)c1c(/C=C/C(=O)NC(CCSC)c2nnc3ccccn23)c(C)n(CC)c1C. The minimum Gasteiger partial charge on any atom is -0.462 e. The van der Waals surface area contributed by atoms with Gasteiger partial charge in [-0.05, 0) is 64.3 Å². The molecule has 3 aromatic heterocycles. The number of hydrogen-bond donors (Lipinski definition) is 1. The number of carbonyl (C=O) groups excluding carboxylic acids is 2. The Kier molecular flexibility index (Phi) is 8.32. The fraction of sp³-hybridized carbons (Fsp3) is 0.417. The van der Waals surface area contributed by atoms with Crippen molar-refractivity contribution in [3.05, 3.63) is 58.8 Å². The fourth-order valence-corrected chi connectivity index (χ4v) is 4.50. The number of nitrogens with one attached hydrogen (secondary N) is 1. The number of pyridine rings is 1. The van der Waals surface area contributed by atoms with Crippen LogP contribution in [0.1, 0.15) is 59.4 Å². The van der Waals surface area contributed by atoms with Gasteiger partial charge in [0.1, 0.15) is 0 Å². The third kappa shape index (κ3) is 5.30. The summed E-state index contributed by atoms with van der Waals surface area (Å²) < 4.78 is 9.20. The van der Waals surface area contributed by atoms with E-state index in [1.54, 1.807) is 24.8 Å². The second-order valence-corrected chi connectivity index (χ2v) is 8.57. The zero-order chi connectivity index (χ0) is 24.0. The highest BCUT2D eigenvalue weighted by Gasteiger charge is 2.23. The van der Waals surface area contributed by atoms with E-state index in [1.807, 2.05) is 60.4 Å². The second kappa shape index (κ2) is 11.2. The molecule has 9 heteroatoms. The van der Waals surface area contributed by atoms with E-state index in [4.69, 9.17) is 4.74 Å². The van der Waals surface area contributed by atoms with Crippen LogP contribution in [0.3, 0.4) is 0 Å². The number of esters is 1. The molecule has 3 heterocycles. The lowest BCUT2D eigenvalue weighted by molar-refractivity contribution is -0.117. The predicted octanol–water partition coefficient (Wildman–Crippen LogP) is 3.97. The number of hydrogen-bond acceptors (Lipinski definition) is 6. The number of ether oxygens (including phenoxy) is 1. The summed E-state index contributed by atoms with van der Waals surface area (Å²) in [7, 11) is 0. The quantitative estimate of drug-likeness (QED) is 0.357. The largest absolute Gasteiger partial charge is 0.462 e. The summed E-state index contributed by atoms with van der Waals surface area (Å²) in [5.74, 6) is 0.918. The van der Waals surface area contributed by atoms with Gasteiger partial charge in [0.15, 0.2) is 11.5 Å². The molecule has 0 aromatic carbocycles. The fourth-order valence-electron chi connectivity index (χ4n) is 4.02. The number of amides is 1. The van der Waals surface area contributed by atoms with E-state index in [9.17, 15) is 9.59 Å². The molecule has 33 heavy (non-hydrogen) atoms. The van der Waals surface area contributed by atoms with Gasteiger partial charge in [0, 0.05) is 35.8 Å². The van der Waals surface area contributed by atoms with Gasteiger partial charge in [-0.25, -0.2) is 4.79 Å². The van der Waals surface area contributed by atoms with E-state index in [1.165, 1.54) is 6.08 Å².